The summed E-state index contributed by atoms with van der Waals surface area (Å²) < 4.78 is 15.8. The van der Waals surface area contributed by atoms with Gasteiger partial charge in [-0.2, -0.15) is 0 Å². The molecule has 3 aromatic carbocycles. The van der Waals surface area contributed by atoms with Crippen molar-refractivity contribution in [3.05, 3.63) is 77.6 Å². The van der Waals surface area contributed by atoms with E-state index in [0.717, 1.165) is 27.1 Å². The summed E-state index contributed by atoms with van der Waals surface area (Å²) in [6, 6.07) is 18.6. The van der Waals surface area contributed by atoms with E-state index in [1.54, 1.807) is 12.2 Å². The van der Waals surface area contributed by atoms with Crippen LogP contribution in [0.15, 0.2) is 72.0 Å². The first kappa shape index (κ1) is 24.0. The van der Waals surface area contributed by atoms with E-state index in [4.69, 9.17) is 19.0 Å². The van der Waals surface area contributed by atoms with Crippen molar-refractivity contribution in [3.63, 3.8) is 0 Å². The van der Waals surface area contributed by atoms with E-state index in [-0.39, 0.29) is 11.3 Å². The van der Waals surface area contributed by atoms with Crippen LogP contribution in [-0.4, -0.2) is 50.1 Å². The van der Waals surface area contributed by atoms with Crippen LogP contribution < -0.4 is 0 Å². The Balaban J connectivity index is 1.77. The van der Waals surface area contributed by atoms with Crippen LogP contribution in [0.25, 0.3) is 27.6 Å². The molecular formula is C29H29NO6. The maximum atomic E-state index is 13.2. The van der Waals surface area contributed by atoms with Crippen molar-refractivity contribution < 1.29 is 28.6 Å². The number of carbonyl (C=O) groups excluding carboxylic acids is 2. The number of fused-ring (bicyclic) bond motifs is 4. The fourth-order valence-corrected chi connectivity index (χ4v) is 5.67. The highest BCUT2D eigenvalue weighted by atomic mass is 16.7. The summed E-state index contributed by atoms with van der Waals surface area (Å²) in [6.45, 7) is 4.04. The molecule has 0 unspecified atom stereocenters. The van der Waals surface area contributed by atoms with Gasteiger partial charge < -0.3 is 19.0 Å². The molecule has 186 valence electrons. The van der Waals surface area contributed by atoms with Crippen LogP contribution in [0.2, 0.25) is 0 Å². The molecule has 1 fully saturated rings. The van der Waals surface area contributed by atoms with E-state index in [2.05, 4.69) is 30.3 Å². The molecule has 7 heteroatoms. The molecular weight excluding hydrogens is 458 g/mol. The van der Waals surface area contributed by atoms with Crippen molar-refractivity contribution in [1.29, 1.82) is 0 Å². The third-order valence-electron chi connectivity index (χ3n) is 7.46. The van der Waals surface area contributed by atoms with Crippen molar-refractivity contribution in [1.82, 2.24) is 5.06 Å². The van der Waals surface area contributed by atoms with Gasteiger partial charge in [0.05, 0.1) is 14.2 Å². The van der Waals surface area contributed by atoms with E-state index in [1.807, 2.05) is 50.3 Å². The van der Waals surface area contributed by atoms with E-state index in [0.29, 0.717) is 6.42 Å². The number of nitrogens with zero attached hydrogens (tertiary/aromatic N) is 1. The lowest BCUT2D eigenvalue weighted by atomic mass is 9.68. The Kier molecular flexibility index (Phi) is 5.85. The number of benzene rings is 3. The Morgan fingerprint density at radius 2 is 1.58 bits per heavy atom. The predicted octanol–water partition coefficient (Wildman–Crippen LogP) is 4.99. The highest BCUT2D eigenvalue weighted by molar-refractivity contribution is 6.11. The first-order valence-corrected chi connectivity index (χ1v) is 11.8. The minimum absolute atomic E-state index is 0.0998. The van der Waals surface area contributed by atoms with Crippen LogP contribution in [0.1, 0.15) is 25.8 Å². The fraction of sp³-hybridized carbons (Fsp3) is 0.310. The highest BCUT2D eigenvalue weighted by Crippen LogP contribution is 2.58. The number of carbonyl (C=O) groups is 2. The van der Waals surface area contributed by atoms with E-state index in [9.17, 15) is 9.59 Å². The summed E-state index contributed by atoms with van der Waals surface area (Å²) in [4.78, 5) is 31.9. The number of methoxy groups -OCH3 is 3. The van der Waals surface area contributed by atoms with Gasteiger partial charge in [0.25, 0.3) is 0 Å². The van der Waals surface area contributed by atoms with Gasteiger partial charge in [-0.1, -0.05) is 79.6 Å². The fourth-order valence-electron chi connectivity index (χ4n) is 5.67. The number of hydrogen-bond acceptors (Lipinski definition) is 7. The molecule has 0 spiro atoms. The Morgan fingerprint density at radius 3 is 2.25 bits per heavy atom. The van der Waals surface area contributed by atoms with Crippen molar-refractivity contribution in [2.75, 3.05) is 21.3 Å². The molecule has 0 saturated carbocycles. The average Bonchev–Trinajstić information content (AvgIpc) is 3.36. The molecule has 2 heterocycles. The summed E-state index contributed by atoms with van der Waals surface area (Å²) in [5.41, 5.74) is -0.638. The van der Waals surface area contributed by atoms with E-state index in [1.165, 1.54) is 14.2 Å². The zero-order chi connectivity index (χ0) is 25.7. The molecule has 3 aromatic rings. The molecule has 0 amide bonds. The largest absolute Gasteiger partial charge is 0.465 e. The minimum Gasteiger partial charge on any atom is -0.465 e. The van der Waals surface area contributed by atoms with Crippen molar-refractivity contribution in [2.45, 2.75) is 32.0 Å². The number of rotatable bonds is 5. The second-order valence-electron chi connectivity index (χ2n) is 9.71. The number of hydrogen-bond donors (Lipinski definition) is 0. The number of hydroxylamine groups is 2. The van der Waals surface area contributed by atoms with Crippen LogP contribution in [0.4, 0.5) is 0 Å². The SMILES string of the molecule is COC(=O)C1=C(C(=O)OC)[C@@]2(/C=C/c3cc4ccccc4c4ccccc34)N(O1)[C@H](OC)CC2(C)C. The van der Waals surface area contributed by atoms with Gasteiger partial charge in [0.15, 0.2) is 0 Å². The lowest BCUT2D eigenvalue weighted by molar-refractivity contribution is -0.219. The summed E-state index contributed by atoms with van der Waals surface area (Å²) in [6.07, 6.45) is 3.99. The van der Waals surface area contributed by atoms with Crippen molar-refractivity contribution in [3.8, 4) is 0 Å². The Bertz CT molecular complexity index is 1440. The Hall–Kier alpha value is -3.68. The number of esters is 2. The first-order chi connectivity index (χ1) is 17.3. The summed E-state index contributed by atoms with van der Waals surface area (Å²) >= 11 is 0. The summed E-state index contributed by atoms with van der Waals surface area (Å²) in [7, 11) is 4.12. The normalized spacial score (nSPS) is 23.3. The second kappa shape index (κ2) is 8.76. The van der Waals surface area contributed by atoms with Crippen LogP contribution in [0, 0.1) is 5.41 Å². The molecule has 0 N–H and O–H groups in total. The first-order valence-electron chi connectivity index (χ1n) is 11.8. The monoisotopic (exact) mass is 487 g/mol. The maximum absolute atomic E-state index is 13.2. The minimum atomic E-state index is -1.14. The molecule has 36 heavy (non-hydrogen) atoms. The molecule has 5 rings (SSSR count). The molecule has 0 aliphatic carbocycles. The molecule has 2 aliphatic heterocycles. The third kappa shape index (κ3) is 3.34. The topological polar surface area (TPSA) is 74.3 Å². The molecule has 1 saturated heterocycles. The van der Waals surface area contributed by atoms with Crippen LogP contribution in [0.3, 0.4) is 0 Å². The second-order valence-corrected chi connectivity index (χ2v) is 9.71. The van der Waals surface area contributed by atoms with Gasteiger partial charge in [-0.3, -0.25) is 0 Å². The van der Waals surface area contributed by atoms with Crippen LogP contribution in [-0.2, 0) is 28.6 Å². The Labute approximate surface area is 209 Å². The Morgan fingerprint density at radius 1 is 0.944 bits per heavy atom. The summed E-state index contributed by atoms with van der Waals surface area (Å²) in [5.74, 6) is -1.60. The molecule has 0 bridgehead atoms. The standard InChI is InChI=1S/C29H29NO6/c1-28(2)17-23(33-3)30-29(28,24(26(31)34-4)25(36-30)27(32)35-5)15-14-19-16-18-10-6-7-11-20(18)22-13-9-8-12-21(19)22/h6-16,23H,17H2,1-5H3/b15-14+/t23-,29-/m1/s1. The quantitative estimate of drug-likeness (QED) is 0.371. The van der Waals surface area contributed by atoms with Crippen LogP contribution in [0.5, 0.6) is 0 Å². The predicted molar refractivity (Wildman–Crippen MR) is 136 cm³/mol. The molecule has 7 nitrogen and oxygen atoms in total. The zero-order valence-corrected chi connectivity index (χ0v) is 21.0. The number of ether oxygens (including phenoxy) is 3. The van der Waals surface area contributed by atoms with Crippen molar-refractivity contribution in [2.24, 2.45) is 5.41 Å². The van der Waals surface area contributed by atoms with Gasteiger partial charge >= 0.3 is 11.9 Å². The highest BCUT2D eigenvalue weighted by Gasteiger charge is 2.68. The van der Waals surface area contributed by atoms with E-state index >= 15 is 0 Å². The smallest absolute Gasteiger partial charge is 0.376 e. The van der Waals surface area contributed by atoms with Gasteiger partial charge in [0.1, 0.15) is 17.3 Å². The maximum Gasteiger partial charge on any atom is 0.376 e. The third-order valence-corrected chi connectivity index (χ3v) is 7.46. The van der Waals surface area contributed by atoms with E-state index < -0.39 is 29.1 Å². The molecule has 0 aromatic heterocycles. The van der Waals surface area contributed by atoms with Gasteiger partial charge in [-0.15, -0.1) is 0 Å². The lowest BCUT2D eigenvalue weighted by Crippen LogP contribution is -2.51. The molecule has 0 radical (unpaired) electrons. The molecule has 2 aliphatic rings. The van der Waals surface area contributed by atoms with Gasteiger partial charge in [0, 0.05) is 7.11 Å². The van der Waals surface area contributed by atoms with Gasteiger partial charge in [0.2, 0.25) is 5.76 Å². The summed E-state index contributed by atoms with van der Waals surface area (Å²) in [5, 5.41) is 6.06. The van der Waals surface area contributed by atoms with Gasteiger partial charge in [-0.25, -0.2) is 9.59 Å². The zero-order valence-electron chi connectivity index (χ0n) is 21.0. The average molecular weight is 488 g/mol. The van der Waals surface area contributed by atoms with Gasteiger partial charge in [-0.05, 0) is 45.0 Å². The van der Waals surface area contributed by atoms with Crippen molar-refractivity contribution >= 4 is 39.6 Å². The lowest BCUT2D eigenvalue weighted by Gasteiger charge is -2.39. The molecule has 2 atom stereocenters. The van der Waals surface area contributed by atoms with Crippen LogP contribution >= 0.6 is 0 Å².